The van der Waals surface area contributed by atoms with Crippen molar-refractivity contribution in [3.63, 3.8) is 0 Å². The van der Waals surface area contributed by atoms with Crippen LogP contribution in [0.15, 0.2) is 66.7 Å². The Labute approximate surface area is 159 Å². The summed E-state index contributed by atoms with van der Waals surface area (Å²) in [6.45, 7) is 0. The minimum Gasteiger partial charge on any atom is -0.496 e. The molecule has 0 fully saturated rings. The van der Waals surface area contributed by atoms with Gasteiger partial charge in [-0.2, -0.15) is 5.26 Å². The van der Waals surface area contributed by atoms with Crippen molar-refractivity contribution < 1.29 is 4.74 Å². The molecular formula is C24H20N2O. The standard InChI is InChI=1S/C24H20N2O/c1-27-24-16-20(5-2-19-10-14-23(26)15-11-19)9-13-22(24)12-8-18-3-6-21(17-25)7-4-18/h2-16H,26H2,1H3. The van der Waals surface area contributed by atoms with Crippen LogP contribution in [0.25, 0.3) is 24.3 Å². The van der Waals surface area contributed by atoms with Gasteiger partial charge in [-0.1, -0.05) is 60.7 Å². The third-order valence-corrected chi connectivity index (χ3v) is 4.16. The molecule has 3 nitrogen and oxygen atoms in total. The summed E-state index contributed by atoms with van der Waals surface area (Å²) in [6.07, 6.45) is 8.10. The maximum absolute atomic E-state index is 8.86. The van der Waals surface area contributed by atoms with Crippen molar-refractivity contribution in [1.29, 1.82) is 5.26 Å². The first-order valence-electron chi connectivity index (χ1n) is 8.58. The molecule has 132 valence electrons. The number of ether oxygens (including phenoxy) is 1. The number of hydrogen-bond acceptors (Lipinski definition) is 3. The van der Waals surface area contributed by atoms with Crippen molar-refractivity contribution in [3.05, 3.63) is 94.5 Å². The first-order valence-corrected chi connectivity index (χ1v) is 8.58. The number of nitrogen functional groups attached to an aromatic ring is 1. The molecule has 0 heterocycles. The SMILES string of the molecule is COc1cc(C=Cc2ccc(N)cc2)ccc1C=Cc1ccc(C#N)cc1. The summed E-state index contributed by atoms with van der Waals surface area (Å²) in [5, 5.41) is 8.86. The fourth-order valence-corrected chi connectivity index (χ4v) is 2.62. The second-order valence-corrected chi connectivity index (χ2v) is 6.07. The van der Waals surface area contributed by atoms with Crippen molar-refractivity contribution in [3.8, 4) is 11.8 Å². The summed E-state index contributed by atoms with van der Waals surface area (Å²) in [4.78, 5) is 0. The predicted molar refractivity (Wildman–Crippen MR) is 113 cm³/mol. The molecule has 0 unspecified atom stereocenters. The number of hydrogen-bond donors (Lipinski definition) is 1. The zero-order chi connectivity index (χ0) is 19.1. The predicted octanol–water partition coefficient (Wildman–Crippen LogP) is 5.49. The summed E-state index contributed by atoms with van der Waals surface area (Å²) >= 11 is 0. The molecule has 0 aliphatic heterocycles. The molecule has 0 aromatic heterocycles. The highest BCUT2D eigenvalue weighted by atomic mass is 16.5. The Hall–Kier alpha value is -3.77. The monoisotopic (exact) mass is 352 g/mol. The van der Waals surface area contributed by atoms with Crippen molar-refractivity contribution in [2.45, 2.75) is 0 Å². The summed E-state index contributed by atoms with van der Waals surface area (Å²) in [5.74, 6) is 0.805. The number of anilines is 1. The van der Waals surface area contributed by atoms with E-state index >= 15 is 0 Å². The Balaban J connectivity index is 1.78. The van der Waals surface area contributed by atoms with E-state index in [0.29, 0.717) is 5.56 Å². The van der Waals surface area contributed by atoms with Gasteiger partial charge in [0.2, 0.25) is 0 Å². The minimum absolute atomic E-state index is 0.655. The van der Waals surface area contributed by atoms with Gasteiger partial charge in [0.1, 0.15) is 5.75 Å². The molecule has 0 aliphatic carbocycles. The van der Waals surface area contributed by atoms with Crippen LogP contribution in [0.4, 0.5) is 5.69 Å². The maximum atomic E-state index is 8.86. The van der Waals surface area contributed by atoms with Gasteiger partial charge in [0.15, 0.2) is 0 Å². The fourth-order valence-electron chi connectivity index (χ4n) is 2.62. The molecular weight excluding hydrogens is 332 g/mol. The van der Waals surface area contributed by atoms with Gasteiger partial charge in [-0.3, -0.25) is 0 Å². The van der Waals surface area contributed by atoms with Crippen LogP contribution in [0.5, 0.6) is 5.75 Å². The van der Waals surface area contributed by atoms with Gasteiger partial charge in [0, 0.05) is 11.3 Å². The zero-order valence-electron chi connectivity index (χ0n) is 15.1. The first-order chi connectivity index (χ1) is 13.2. The van der Waals surface area contributed by atoms with Crippen molar-refractivity contribution >= 4 is 30.0 Å². The van der Waals surface area contributed by atoms with Crippen LogP contribution in [0.2, 0.25) is 0 Å². The zero-order valence-corrected chi connectivity index (χ0v) is 15.1. The van der Waals surface area contributed by atoms with Crippen molar-refractivity contribution in [2.24, 2.45) is 0 Å². The van der Waals surface area contributed by atoms with Gasteiger partial charge >= 0.3 is 0 Å². The molecule has 0 bridgehead atoms. The average molecular weight is 352 g/mol. The quantitative estimate of drug-likeness (QED) is 0.488. The number of methoxy groups -OCH3 is 1. The van der Waals surface area contributed by atoms with E-state index < -0.39 is 0 Å². The van der Waals surface area contributed by atoms with E-state index in [-0.39, 0.29) is 0 Å². The van der Waals surface area contributed by atoms with E-state index in [1.807, 2.05) is 85.0 Å². The number of nitrogens with two attached hydrogens (primary N) is 1. The molecule has 0 amide bonds. The molecule has 0 spiro atoms. The van der Waals surface area contributed by atoms with E-state index in [0.717, 1.165) is 33.7 Å². The van der Waals surface area contributed by atoms with Crippen molar-refractivity contribution in [1.82, 2.24) is 0 Å². The van der Waals surface area contributed by atoms with Crippen LogP contribution >= 0.6 is 0 Å². The van der Waals surface area contributed by atoms with E-state index in [9.17, 15) is 0 Å². The Morgan fingerprint density at radius 3 is 1.96 bits per heavy atom. The maximum Gasteiger partial charge on any atom is 0.126 e. The highest BCUT2D eigenvalue weighted by Gasteiger charge is 2.01. The number of benzene rings is 3. The molecule has 0 saturated carbocycles. The molecule has 3 aromatic carbocycles. The Morgan fingerprint density at radius 1 is 0.778 bits per heavy atom. The topological polar surface area (TPSA) is 59.0 Å². The average Bonchev–Trinajstić information content (AvgIpc) is 2.72. The van der Waals surface area contributed by atoms with E-state index in [2.05, 4.69) is 12.1 Å². The third-order valence-electron chi connectivity index (χ3n) is 4.16. The molecule has 27 heavy (non-hydrogen) atoms. The van der Waals surface area contributed by atoms with Gasteiger partial charge in [-0.15, -0.1) is 0 Å². The second kappa shape index (κ2) is 8.55. The lowest BCUT2D eigenvalue weighted by Crippen LogP contribution is -1.88. The summed E-state index contributed by atoms with van der Waals surface area (Å²) in [7, 11) is 1.67. The van der Waals surface area contributed by atoms with Gasteiger partial charge in [-0.25, -0.2) is 0 Å². The lowest BCUT2D eigenvalue weighted by Gasteiger charge is -2.06. The molecule has 3 rings (SSSR count). The first kappa shape index (κ1) is 18.0. The Morgan fingerprint density at radius 2 is 1.33 bits per heavy atom. The molecule has 0 atom stereocenters. The largest absolute Gasteiger partial charge is 0.496 e. The van der Waals surface area contributed by atoms with Gasteiger partial charge < -0.3 is 10.5 Å². The lowest BCUT2D eigenvalue weighted by atomic mass is 10.1. The molecule has 2 N–H and O–H groups in total. The van der Waals surface area contributed by atoms with Crippen LogP contribution in [0.1, 0.15) is 27.8 Å². The minimum atomic E-state index is 0.655. The number of nitrogens with zero attached hydrogens (tertiary/aromatic N) is 1. The van der Waals surface area contributed by atoms with Crippen molar-refractivity contribution in [2.75, 3.05) is 12.8 Å². The molecule has 3 aromatic rings. The lowest BCUT2D eigenvalue weighted by molar-refractivity contribution is 0.414. The normalized spacial score (nSPS) is 11.0. The van der Waals surface area contributed by atoms with Gasteiger partial charge in [-0.05, 0) is 47.0 Å². The van der Waals surface area contributed by atoms with Crippen LogP contribution in [0, 0.1) is 11.3 Å². The third kappa shape index (κ3) is 4.87. The fraction of sp³-hybridized carbons (Fsp3) is 0.0417. The molecule has 0 saturated heterocycles. The van der Waals surface area contributed by atoms with Crippen LogP contribution in [0.3, 0.4) is 0 Å². The molecule has 0 aliphatic rings. The summed E-state index contributed by atoms with van der Waals surface area (Å²) in [5.41, 5.74) is 11.3. The van der Waals surface area contributed by atoms with Gasteiger partial charge in [0.05, 0.1) is 18.7 Å². The van der Waals surface area contributed by atoms with Crippen LogP contribution < -0.4 is 10.5 Å². The second-order valence-electron chi connectivity index (χ2n) is 6.07. The van der Waals surface area contributed by atoms with Crippen LogP contribution in [-0.4, -0.2) is 7.11 Å². The van der Waals surface area contributed by atoms with E-state index in [1.165, 1.54) is 0 Å². The summed E-state index contributed by atoms with van der Waals surface area (Å²) < 4.78 is 5.53. The number of rotatable bonds is 5. The van der Waals surface area contributed by atoms with E-state index in [4.69, 9.17) is 15.7 Å². The highest BCUT2D eigenvalue weighted by Crippen LogP contribution is 2.24. The molecule has 0 radical (unpaired) electrons. The smallest absolute Gasteiger partial charge is 0.126 e. The molecule has 3 heteroatoms. The van der Waals surface area contributed by atoms with Gasteiger partial charge in [0.25, 0.3) is 0 Å². The Kier molecular flexibility index (Phi) is 5.71. The highest BCUT2D eigenvalue weighted by molar-refractivity contribution is 5.76. The number of nitriles is 1. The summed E-state index contributed by atoms with van der Waals surface area (Å²) in [6, 6.07) is 23.4. The van der Waals surface area contributed by atoms with E-state index in [1.54, 1.807) is 7.11 Å². The Bertz CT molecular complexity index is 1010. The van der Waals surface area contributed by atoms with Crippen LogP contribution in [-0.2, 0) is 0 Å².